The number of carbonyl (C=O) groups is 1. The van der Waals surface area contributed by atoms with Gasteiger partial charge in [-0.05, 0) is 22.6 Å². The number of esters is 1. The maximum atomic E-state index is 12.0. The van der Waals surface area contributed by atoms with Gasteiger partial charge in [-0.25, -0.2) is 4.79 Å². The van der Waals surface area contributed by atoms with Crippen LogP contribution in [0, 0.1) is 3.57 Å². The molecule has 0 N–H and O–H groups in total. The van der Waals surface area contributed by atoms with Crippen LogP contribution in [0.25, 0.3) is 0 Å². The van der Waals surface area contributed by atoms with E-state index in [1.165, 1.54) is 14.2 Å². The maximum absolute atomic E-state index is 12.0. The van der Waals surface area contributed by atoms with Crippen molar-refractivity contribution < 1.29 is 27.4 Å². The third kappa shape index (κ3) is 3.48. The van der Waals surface area contributed by atoms with Crippen molar-refractivity contribution in [1.82, 2.24) is 9.78 Å². The molecule has 9 heteroatoms. The molecule has 0 saturated heterocycles. The molecule has 0 spiro atoms. The fourth-order valence-corrected chi connectivity index (χ4v) is 1.87. The van der Waals surface area contributed by atoms with Crippen LogP contribution >= 0.6 is 22.6 Å². The molecular weight excluding hydrogens is 356 g/mol. The van der Waals surface area contributed by atoms with Crippen LogP contribution in [-0.4, -0.2) is 35.6 Å². The van der Waals surface area contributed by atoms with Gasteiger partial charge in [-0.15, -0.1) is 5.10 Å². The van der Waals surface area contributed by atoms with E-state index in [4.69, 9.17) is 0 Å². The van der Waals surface area contributed by atoms with Gasteiger partial charge in [0.05, 0.1) is 7.11 Å². The Hall–Kier alpha value is -1.00. The lowest BCUT2D eigenvalue weighted by Crippen LogP contribution is -2.19. The second kappa shape index (κ2) is 5.10. The molecule has 1 aromatic heterocycles. The number of hydrogen-bond donors (Lipinski definition) is 0. The molecule has 0 aliphatic rings. The summed E-state index contributed by atoms with van der Waals surface area (Å²) in [6, 6.07) is 0. The molecule has 0 aliphatic carbocycles. The first-order chi connectivity index (χ1) is 7.76. The number of rotatable bonds is 3. The largest absolute Gasteiger partial charge is 0.466 e. The average molecular weight is 364 g/mol. The second-order valence-corrected chi connectivity index (χ2v) is 4.07. The zero-order valence-electron chi connectivity index (χ0n) is 8.84. The van der Waals surface area contributed by atoms with Crippen molar-refractivity contribution in [2.75, 3.05) is 13.7 Å². The fraction of sp³-hybridized carbons (Fsp3) is 0.500. The first kappa shape index (κ1) is 14.1. The molecule has 0 fully saturated rings. The third-order valence-corrected chi connectivity index (χ3v) is 2.68. The Kier molecular flexibility index (Phi) is 4.22. The first-order valence-electron chi connectivity index (χ1n) is 4.26. The predicted octanol–water partition coefficient (Wildman–Crippen LogP) is 1.75. The Morgan fingerprint density at radius 1 is 1.53 bits per heavy atom. The number of ether oxygens (including phenoxy) is 2. The standard InChI is InChI=1S/C8H8F3IN2O3/c1-14-5(7(15)16-2)4(12)6(13-14)17-3-8(9,10)11/h3H2,1-2H3. The summed E-state index contributed by atoms with van der Waals surface area (Å²) in [7, 11) is 2.58. The van der Waals surface area contributed by atoms with E-state index < -0.39 is 18.8 Å². The van der Waals surface area contributed by atoms with Crippen LogP contribution < -0.4 is 4.74 Å². The lowest BCUT2D eigenvalue weighted by Gasteiger charge is -2.06. The van der Waals surface area contributed by atoms with Gasteiger partial charge < -0.3 is 9.47 Å². The Bertz CT molecular complexity index is 430. The molecule has 0 bridgehead atoms. The topological polar surface area (TPSA) is 53.4 Å². The number of aromatic nitrogens is 2. The minimum atomic E-state index is -4.45. The first-order valence-corrected chi connectivity index (χ1v) is 5.34. The molecule has 0 amide bonds. The highest BCUT2D eigenvalue weighted by molar-refractivity contribution is 14.1. The van der Waals surface area contributed by atoms with Crippen LogP contribution in [0.15, 0.2) is 0 Å². The van der Waals surface area contributed by atoms with Crippen molar-refractivity contribution in [3.63, 3.8) is 0 Å². The molecule has 0 saturated carbocycles. The molecule has 1 heterocycles. The summed E-state index contributed by atoms with van der Waals surface area (Å²) in [6.45, 7) is -1.46. The Morgan fingerprint density at radius 2 is 2.12 bits per heavy atom. The van der Waals surface area contributed by atoms with E-state index >= 15 is 0 Å². The molecular formula is C8H8F3IN2O3. The van der Waals surface area contributed by atoms with Gasteiger partial charge in [0.2, 0.25) is 5.88 Å². The molecule has 96 valence electrons. The van der Waals surface area contributed by atoms with Gasteiger partial charge in [0.15, 0.2) is 12.3 Å². The van der Waals surface area contributed by atoms with E-state index in [0.717, 1.165) is 4.68 Å². The minimum Gasteiger partial charge on any atom is -0.466 e. The fourth-order valence-electron chi connectivity index (χ4n) is 1.03. The summed E-state index contributed by atoms with van der Waals surface area (Å²) in [6.07, 6.45) is -4.45. The summed E-state index contributed by atoms with van der Waals surface area (Å²) in [5, 5.41) is 3.67. The average Bonchev–Trinajstić information content (AvgIpc) is 2.49. The van der Waals surface area contributed by atoms with Gasteiger partial charge in [0.1, 0.15) is 3.57 Å². The van der Waals surface area contributed by atoms with Gasteiger partial charge in [-0.3, -0.25) is 4.68 Å². The number of methoxy groups -OCH3 is 1. The highest BCUT2D eigenvalue weighted by atomic mass is 127. The smallest absolute Gasteiger partial charge is 0.422 e. The van der Waals surface area contributed by atoms with Crippen molar-refractivity contribution in [1.29, 1.82) is 0 Å². The molecule has 0 aromatic carbocycles. The van der Waals surface area contributed by atoms with Crippen LogP contribution in [0.2, 0.25) is 0 Å². The lowest BCUT2D eigenvalue weighted by atomic mass is 10.4. The summed E-state index contributed by atoms with van der Waals surface area (Å²) in [4.78, 5) is 11.3. The Labute approximate surface area is 108 Å². The van der Waals surface area contributed by atoms with E-state index in [2.05, 4.69) is 14.6 Å². The summed E-state index contributed by atoms with van der Waals surface area (Å²) in [5.41, 5.74) is 0.0466. The van der Waals surface area contributed by atoms with Crippen molar-refractivity contribution in [2.24, 2.45) is 7.05 Å². The van der Waals surface area contributed by atoms with E-state index in [1.807, 2.05) is 0 Å². The quantitative estimate of drug-likeness (QED) is 0.606. The van der Waals surface area contributed by atoms with E-state index in [0.29, 0.717) is 0 Å². The van der Waals surface area contributed by atoms with Gasteiger partial charge in [-0.1, -0.05) is 0 Å². The van der Waals surface area contributed by atoms with Crippen LogP contribution in [-0.2, 0) is 11.8 Å². The molecule has 1 aromatic rings. The summed E-state index contributed by atoms with van der Waals surface area (Å²) < 4.78 is 46.1. The van der Waals surface area contributed by atoms with Gasteiger partial charge in [0, 0.05) is 7.05 Å². The van der Waals surface area contributed by atoms with E-state index in [9.17, 15) is 18.0 Å². The molecule has 0 atom stereocenters. The minimum absolute atomic E-state index is 0.0466. The van der Waals surface area contributed by atoms with Crippen LogP contribution in [0.3, 0.4) is 0 Å². The Morgan fingerprint density at radius 3 is 2.59 bits per heavy atom. The number of hydrogen-bond acceptors (Lipinski definition) is 4. The third-order valence-electron chi connectivity index (χ3n) is 1.71. The molecule has 0 aliphatic heterocycles. The van der Waals surface area contributed by atoms with Crippen LogP contribution in [0.1, 0.15) is 10.5 Å². The predicted molar refractivity (Wildman–Crippen MR) is 58.8 cm³/mol. The van der Waals surface area contributed by atoms with Gasteiger partial charge >= 0.3 is 12.1 Å². The van der Waals surface area contributed by atoms with Gasteiger partial charge in [-0.2, -0.15) is 13.2 Å². The summed E-state index contributed by atoms with van der Waals surface area (Å²) >= 11 is 1.68. The Balaban J connectivity index is 2.93. The SMILES string of the molecule is COC(=O)c1c(I)c(OCC(F)(F)F)nn1C. The lowest BCUT2D eigenvalue weighted by molar-refractivity contribution is -0.154. The highest BCUT2D eigenvalue weighted by Crippen LogP contribution is 2.25. The summed E-state index contributed by atoms with van der Waals surface area (Å²) in [5.74, 6) is -0.933. The number of carbonyl (C=O) groups excluding carboxylic acids is 1. The number of alkyl halides is 3. The number of halogens is 4. The normalized spacial score (nSPS) is 11.4. The van der Waals surface area contributed by atoms with Crippen molar-refractivity contribution in [3.8, 4) is 5.88 Å². The van der Waals surface area contributed by atoms with E-state index in [-0.39, 0.29) is 15.1 Å². The highest BCUT2D eigenvalue weighted by Gasteiger charge is 2.30. The van der Waals surface area contributed by atoms with Crippen molar-refractivity contribution >= 4 is 28.6 Å². The van der Waals surface area contributed by atoms with Gasteiger partial charge in [0.25, 0.3) is 0 Å². The second-order valence-electron chi connectivity index (χ2n) is 2.99. The zero-order chi connectivity index (χ0) is 13.2. The zero-order valence-corrected chi connectivity index (χ0v) is 11.0. The maximum Gasteiger partial charge on any atom is 0.422 e. The molecule has 0 radical (unpaired) electrons. The number of nitrogens with zero attached hydrogens (tertiary/aromatic N) is 2. The van der Waals surface area contributed by atoms with E-state index in [1.54, 1.807) is 22.6 Å². The number of aryl methyl sites for hydroxylation is 1. The molecule has 1 rings (SSSR count). The molecule has 5 nitrogen and oxygen atoms in total. The van der Waals surface area contributed by atoms with Crippen molar-refractivity contribution in [2.45, 2.75) is 6.18 Å². The molecule has 17 heavy (non-hydrogen) atoms. The van der Waals surface area contributed by atoms with Crippen molar-refractivity contribution in [3.05, 3.63) is 9.26 Å². The molecule has 0 unspecified atom stereocenters. The van der Waals surface area contributed by atoms with Crippen LogP contribution in [0.5, 0.6) is 5.88 Å². The monoisotopic (exact) mass is 364 g/mol. The van der Waals surface area contributed by atoms with Crippen LogP contribution in [0.4, 0.5) is 13.2 Å².